The lowest BCUT2D eigenvalue weighted by atomic mass is 9.74. The van der Waals surface area contributed by atoms with Gasteiger partial charge >= 0.3 is 0 Å². The van der Waals surface area contributed by atoms with Gasteiger partial charge in [-0.05, 0) is 82.3 Å². The number of rotatable bonds is 5. The van der Waals surface area contributed by atoms with Gasteiger partial charge in [-0.15, -0.1) is 11.3 Å². The van der Waals surface area contributed by atoms with Crippen LogP contribution < -0.4 is 0 Å². The highest BCUT2D eigenvalue weighted by Crippen LogP contribution is 2.53. The summed E-state index contributed by atoms with van der Waals surface area (Å²) in [6.07, 6.45) is 0. The molecule has 1 unspecified atom stereocenters. The van der Waals surface area contributed by atoms with Crippen molar-refractivity contribution in [3.05, 3.63) is 193 Å². The second kappa shape index (κ2) is 11.7. The molecule has 2 aromatic heterocycles. The lowest BCUT2D eigenvalue weighted by Crippen LogP contribution is -2.22. The third-order valence-electron chi connectivity index (χ3n) is 10.6. The zero-order valence-corrected chi connectivity index (χ0v) is 28.9. The van der Waals surface area contributed by atoms with Gasteiger partial charge in [0.05, 0.1) is 11.4 Å². The molecule has 240 valence electrons. The number of benzene rings is 7. The Bertz CT molecular complexity index is 2760. The van der Waals surface area contributed by atoms with Gasteiger partial charge in [-0.3, -0.25) is 0 Å². The molecule has 10 rings (SSSR count). The van der Waals surface area contributed by atoms with Crippen LogP contribution in [0.2, 0.25) is 0 Å². The molecule has 2 nitrogen and oxygen atoms in total. The minimum atomic E-state index is -0.287. The van der Waals surface area contributed by atoms with E-state index in [1.165, 1.54) is 59.1 Å². The van der Waals surface area contributed by atoms with E-state index in [9.17, 15) is 0 Å². The maximum absolute atomic E-state index is 5.22. The van der Waals surface area contributed by atoms with E-state index in [1.54, 1.807) is 0 Å². The van der Waals surface area contributed by atoms with Crippen molar-refractivity contribution in [2.24, 2.45) is 0 Å². The zero-order chi connectivity index (χ0) is 33.9. The Morgan fingerprint density at radius 3 is 1.86 bits per heavy atom. The first kappa shape index (κ1) is 29.7. The van der Waals surface area contributed by atoms with Gasteiger partial charge in [0.25, 0.3) is 0 Å². The summed E-state index contributed by atoms with van der Waals surface area (Å²) in [4.78, 5) is 10.4. The van der Waals surface area contributed by atoms with Crippen molar-refractivity contribution in [2.75, 3.05) is 0 Å². The summed E-state index contributed by atoms with van der Waals surface area (Å²) in [6.45, 7) is 2.36. The second-order valence-corrected chi connectivity index (χ2v) is 14.6. The van der Waals surface area contributed by atoms with Gasteiger partial charge in [-0.1, -0.05) is 140 Å². The van der Waals surface area contributed by atoms with E-state index in [0.29, 0.717) is 5.82 Å². The summed E-state index contributed by atoms with van der Waals surface area (Å²) in [5.41, 5.74) is 13.5. The van der Waals surface area contributed by atoms with Crippen LogP contribution in [-0.4, -0.2) is 9.97 Å². The Balaban J connectivity index is 1.12. The molecule has 0 N–H and O–H groups in total. The summed E-state index contributed by atoms with van der Waals surface area (Å²) < 4.78 is 2.63. The monoisotopic (exact) mass is 668 g/mol. The average Bonchev–Trinajstić information content (AvgIpc) is 3.71. The summed E-state index contributed by atoms with van der Waals surface area (Å²) in [5.74, 6) is 0.717. The Morgan fingerprint density at radius 1 is 0.412 bits per heavy atom. The van der Waals surface area contributed by atoms with Gasteiger partial charge in [0.2, 0.25) is 0 Å². The highest BCUT2D eigenvalue weighted by molar-refractivity contribution is 7.25. The quantitative estimate of drug-likeness (QED) is 0.182. The predicted octanol–water partition coefficient (Wildman–Crippen LogP) is 12.8. The number of fused-ring (bicyclic) bond motifs is 6. The third-order valence-corrected chi connectivity index (χ3v) is 11.7. The number of hydrogen-bond acceptors (Lipinski definition) is 3. The normalized spacial score (nSPS) is 14.8. The van der Waals surface area contributed by atoms with Gasteiger partial charge in [-0.2, -0.15) is 0 Å². The molecule has 2 heterocycles. The molecule has 9 aromatic rings. The van der Waals surface area contributed by atoms with Crippen LogP contribution in [-0.2, 0) is 5.41 Å². The molecule has 0 radical (unpaired) electrons. The van der Waals surface area contributed by atoms with Crippen molar-refractivity contribution >= 4 is 31.5 Å². The molecule has 0 bridgehead atoms. The minimum Gasteiger partial charge on any atom is -0.228 e. The molecule has 0 saturated heterocycles. The van der Waals surface area contributed by atoms with Crippen molar-refractivity contribution in [1.82, 2.24) is 9.97 Å². The highest BCUT2D eigenvalue weighted by Gasteiger charge is 2.40. The average molecular weight is 669 g/mol. The van der Waals surface area contributed by atoms with Crippen molar-refractivity contribution in [3.8, 4) is 56.2 Å². The lowest BCUT2D eigenvalue weighted by Gasteiger charge is -2.28. The summed E-state index contributed by atoms with van der Waals surface area (Å²) in [7, 11) is 0. The molecule has 0 spiro atoms. The first-order valence-electron chi connectivity index (χ1n) is 17.4. The maximum atomic E-state index is 5.22. The maximum Gasteiger partial charge on any atom is 0.160 e. The molecule has 0 aliphatic heterocycles. The Labute approximate surface area is 301 Å². The van der Waals surface area contributed by atoms with Crippen LogP contribution in [0.4, 0.5) is 0 Å². The fourth-order valence-corrected chi connectivity index (χ4v) is 9.04. The number of aromatic nitrogens is 2. The number of hydrogen-bond donors (Lipinski definition) is 0. The summed E-state index contributed by atoms with van der Waals surface area (Å²) >= 11 is 1.85. The molecule has 1 aliphatic rings. The third kappa shape index (κ3) is 4.85. The van der Waals surface area contributed by atoms with Crippen molar-refractivity contribution in [3.63, 3.8) is 0 Å². The van der Waals surface area contributed by atoms with Crippen molar-refractivity contribution in [1.29, 1.82) is 0 Å². The standard InChI is InChI=1S/C48H32N2S/c1-48(36-17-6-3-7-18-36)41-21-10-8-19-37(41)38-25-23-35(29-42(38)48)44-30-43(49-47(50-44)31-13-4-2-5-14-31)34-16-12-15-32(27-34)33-24-26-46-40(28-33)39-20-9-11-22-45(39)51-46/h2-30H,1H3. The molecule has 7 aromatic carbocycles. The first-order valence-corrected chi connectivity index (χ1v) is 18.2. The fraction of sp³-hybridized carbons (Fsp3) is 0.0417. The number of nitrogens with zero attached hydrogens (tertiary/aromatic N) is 2. The van der Waals surface area contributed by atoms with E-state index in [1.807, 2.05) is 29.5 Å². The SMILES string of the molecule is CC1(c2ccccc2)c2ccccc2-c2ccc(-c3cc(-c4cccc(-c5ccc6sc7ccccc7c6c5)c4)nc(-c4ccccc4)n3)cc21. The molecule has 0 saturated carbocycles. The van der Waals surface area contributed by atoms with Crippen LogP contribution in [0.5, 0.6) is 0 Å². The van der Waals surface area contributed by atoms with Crippen LogP contribution in [0.3, 0.4) is 0 Å². The van der Waals surface area contributed by atoms with Crippen LogP contribution in [0.25, 0.3) is 76.3 Å². The van der Waals surface area contributed by atoms with E-state index in [0.717, 1.165) is 28.1 Å². The van der Waals surface area contributed by atoms with Gasteiger partial charge in [0.15, 0.2) is 5.82 Å². The molecule has 0 fully saturated rings. The van der Waals surface area contributed by atoms with E-state index >= 15 is 0 Å². The minimum absolute atomic E-state index is 0.287. The van der Waals surface area contributed by atoms with Crippen LogP contribution in [0.1, 0.15) is 23.6 Å². The molecule has 0 amide bonds. The van der Waals surface area contributed by atoms with E-state index in [-0.39, 0.29) is 5.41 Å². The van der Waals surface area contributed by atoms with Gasteiger partial charge in [-0.25, -0.2) is 9.97 Å². The number of thiophene rings is 1. The summed E-state index contributed by atoms with van der Waals surface area (Å²) in [6, 6.07) is 63.3. The molecular weight excluding hydrogens is 637 g/mol. The largest absolute Gasteiger partial charge is 0.228 e. The fourth-order valence-electron chi connectivity index (χ4n) is 7.96. The predicted molar refractivity (Wildman–Crippen MR) is 214 cm³/mol. The Kier molecular flexibility index (Phi) is 6.83. The van der Waals surface area contributed by atoms with Crippen molar-refractivity contribution in [2.45, 2.75) is 12.3 Å². The van der Waals surface area contributed by atoms with Gasteiger partial charge in [0.1, 0.15) is 0 Å². The van der Waals surface area contributed by atoms with E-state index in [4.69, 9.17) is 9.97 Å². The van der Waals surface area contributed by atoms with Gasteiger partial charge < -0.3 is 0 Å². The van der Waals surface area contributed by atoms with E-state index in [2.05, 4.69) is 165 Å². The highest BCUT2D eigenvalue weighted by atomic mass is 32.1. The van der Waals surface area contributed by atoms with Crippen LogP contribution in [0.15, 0.2) is 176 Å². The topological polar surface area (TPSA) is 25.8 Å². The molecular formula is C48H32N2S. The van der Waals surface area contributed by atoms with E-state index < -0.39 is 0 Å². The Hall–Kier alpha value is -6.16. The molecule has 3 heteroatoms. The molecule has 1 atom stereocenters. The molecule has 51 heavy (non-hydrogen) atoms. The van der Waals surface area contributed by atoms with Crippen LogP contribution in [0, 0.1) is 0 Å². The van der Waals surface area contributed by atoms with Gasteiger partial charge in [0, 0.05) is 42.3 Å². The zero-order valence-electron chi connectivity index (χ0n) is 28.0. The Morgan fingerprint density at radius 2 is 1.02 bits per heavy atom. The van der Waals surface area contributed by atoms with Crippen molar-refractivity contribution < 1.29 is 0 Å². The van der Waals surface area contributed by atoms with Crippen LogP contribution >= 0.6 is 11.3 Å². The molecule has 1 aliphatic carbocycles. The first-order chi connectivity index (χ1) is 25.1. The smallest absolute Gasteiger partial charge is 0.160 e. The lowest BCUT2D eigenvalue weighted by molar-refractivity contribution is 0.714. The second-order valence-electron chi connectivity index (χ2n) is 13.5. The summed E-state index contributed by atoms with van der Waals surface area (Å²) in [5, 5.41) is 2.61.